The van der Waals surface area contributed by atoms with Crippen molar-refractivity contribution >= 4 is 5.82 Å². The fourth-order valence-corrected chi connectivity index (χ4v) is 0.445. The predicted octanol–water partition coefficient (Wildman–Crippen LogP) is 0.972. The molecule has 4 heteroatoms. The Labute approximate surface area is 46.4 Å². The standard InChI is InChI=1S/C4H6N4/c5-8-7-4-2-1-3-6-4/h1-3,6H,(H2,5,7). The number of aromatic amines is 1. The third-order valence-corrected chi connectivity index (χ3v) is 0.747. The molecule has 0 aliphatic rings. The van der Waals surface area contributed by atoms with E-state index in [4.69, 9.17) is 5.84 Å². The monoisotopic (exact) mass is 110 g/mol. The van der Waals surface area contributed by atoms with Crippen molar-refractivity contribution in [2.75, 3.05) is 0 Å². The minimum atomic E-state index is 0.674. The highest BCUT2D eigenvalue weighted by molar-refractivity contribution is 5.24. The summed E-state index contributed by atoms with van der Waals surface area (Å²) in [5.41, 5.74) is 0. The van der Waals surface area contributed by atoms with Crippen LogP contribution in [0.4, 0.5) is 5.82 Å². The number of H-pyrrole nitrogens is 1. The first-order chi connectivity index (χ1) is 3.93. The molecule has 1 aromatic heterocycles. The van der Waals surface area contributed by atoms with Gasteiger partial charge in [0.1, 0.15) is 0 Å². The lowest BCUT2D eigenvalue weighted by Gasteiger charge is -1.76. The maximum absolute atomic E-state index is 4.76. The molecule has 0 aliphatic heterocycles. The first kappa shape index (κ1) is 4.83. The maximum Gasteiger partial charge on any atom is 0.154 e. The van der Waals surface area contributed by atoms with E-state index in [9.17, 15) is 0 Å². The highest BCUT2D eigenvalue weighted by atomic mass is 15.3. The van der Waals surface area contributed by atoms with Gasteiger partial charge in [-0.05, 0) is 12.1 Å². The van der Waals surface area contributed by atoms with Crippen LogP contribution in [0, 0.1) is 0 Å². The van der Waals surface area contributed by atoms with Crippen molar-refractivity contribution in [2.45, 2.75) is 0 Å². The number of hydrogen-bond acceptors (Lipinski definition) is 2. The number of aromatic nitrogens is 1. The lowest BCUT2D eigenvalue weighted by Crippen LogP contribution is -1.72. The summed E-state index contributed by atoms with van der Waals surface area (Å²) in [7, 11) is 0. The second-order valence-electron chi connectivity index (χ2n) is 1.27. The zero-order valence-corrected chi connectivity index (χ0v) is 4.20. The molecule has 0 fully saturated rings. The maximum atomic E-state index is 4.76. The van der Waals surface area contributed by atoms with Crippen molar-refractivity contribution < 1.29 is 0 Å². The third-order valence-electron chi connectivity index (χ3n) is 0.747. The summed E-state index contributed by atoms with van der Waals surface area (Å²) >= 11 is 0. The number of hydrogen-bond donors (Lipinski definition) is 2. The van der Waals surface area contributed by atoms with Crippen LogP contribution in [0.1, 0.15) is 0 Å². The molecule has 0 aliphatic carbocycles. The van der Waals surface area contributed by atoms with Gasteiger partial charge in [0.25, 0.3) is 0 Å². The Morgan fingerprint density at radius 2 is 2.50 bits per heavy atom. The van der Waals surface area contributed by atoms with E-state index in [1.54, 1.807) is 12.3 Å². The first-order valence-corrected chi connectivity index (χ1v) is 2.18. The van der Waals surface area contributed by atoms with Crippen molar-refractivity contribution in [1.29, 1.82) is 0 Å². The van der Waals surface area contributed by atoms with E-state index in [-0.39, 0.29) is 0 Å². The minimum Gasteiger partial charge on any atom is -0.345 e. The van der Waals surface area contributed by atoms with Gasteiger partial charge in [0.15, 0.2) is 5.82 Å². The van der Waals surface area contributed by atoms with Crippen molar-refractivity contribution in [3.8, 4) is 0 Å². The molecule has 0 spiro atoms. The summed E-state index contributed by atoms with van der Waals surface area (Å²) in [5.74, 6) is 5.43. The number of nitrogens with zero attached hydrogens (tertiary/aromatic N) is 2. The van der Waals surface area contributed by atoms with Gasteiger partial charge >= 0.3 is 0 Å². The molecule has 0 aromatic carbocycles. The Hall–Kier alpha value is -1.32. The van der Waals surface area contributed by atoms with Crippen molar-refractivity contribution in [3.63, 3.8) is 0 Å². The van der Waals surface area contributed by atoms with E-state index in [0.717, 1.165) is 0 Å². The van der Waals surface area contributed by atoms with Gasteiger partial charge in [0.2, 0.25) is 0 Å². The van der Waals surface area contributed by atoms with Crippen molar-refractivity contribution in [3.05, 3.63) is 18.3 Å². The van der Waals surface area contributed by atoms with Crippen molar-refractivity contribution in [1.82, 2.24) is 4.98 Å². The average Bonchev–Trinajstić information content (AvgIpc) is 2.19. The number of nitrogens with two attached hydrogens (primary N) is 1. The lowest BCUT2D eigenvalue weighted by atomic mass is 10.6. The van der Waals surface area contributed by atoms with Gasteiger partial charge < -0.3 is 10.8 Å². The zero-order chi connectivity index (χ0) is 5.82. The summed E-state index contributed by atoms with van der Waals surface area (Å²) in [5, 5.41) is 6.59. The summed E-state index contributed by atoms with van der Waals surface area (Å²) < 4.78 is 0. The van der Waals surface area contributed by atoms with Gasteiger partial charge in [-0.2, -0.15) is 0 Å². The topological polar surface area (TPSA) is 66.5 Å². The van der Waals surface area contributed by atoms with E-state index in [0.29, 0.717) is 5.82 Å². The molecule has 0 unspecified atom stereocenters. The third kappa shape index (κ3) is 0.841. The summed E-state index contributed by atoms with van der Waals surface area (Å²) in [4.78, 5) is 2.80. The highest BCUT2D eigenvalue weighted by Gasteiger charge is 1.81. The molecule has 1 aromatic rings. The smallest absolute Gasteiger partial charge is 0.154 e. The molecular weight excluding hydrogens is 104 g/mol. The molecule has 3 N–H and O–H groups in total. The van der Waals surface area contributed by atoms with E-state index in [1.165, 1.54) is 0 Å². The highest BCUT2D eigenvalue weighted by Crippen LogP contribution is 2.04. The molecule has 1 heterocycles. The quantitative estimate of drug-likeness (QED) is 0.315. The molecule has 42 valence electrons. The molecule has 4 nitrogen and oxygen atoms in total. The predicted molar refractivity (Wildman–Crippen MR) is 29.5 cm³/mol. The largest absolute Gasteiger partial charge is 0.345 e. The Morgan fingerprint density at radius 3 is 3.00 bits per heavy atom. The van der Waals surface area contributed by atoms with E-state index in [1.807, 2.05) is 6.07 Å². The molecule has 0 bridgehead atoms. The Kier molecular flexibility index (Phi) is 1.27. The van der Waals surface area contributed by atoms with Crippen LogP contribution in [0.3, 0.4) is 0 Å². The molecule has 0 amide bonds. The molecular formula is C4H6N4. The second kappa shape index (κ2) is 2.11. The Morgan fingerprint density at radius 1 is 1.62 bits per heavy atom. The van der Waals surface area contributed by atoms with Crippen LogP contribution >= 0.6 is 0 Å². The number of nitrogens with one attached hydrogen (secondary N) is 1. The molecule has 0 saturated heterocycles. The van der Waals surface area contributed by atoms with Gasteiger partial charge in [-0.1, -0.05) is 5.22 Å². The van der Waals surface area contributed by atoms with Crippen LogP contribution in [0.25, 0.3) is 0 Å². The normalized spacial score (nSPS) is 10.5. The van der Waals surface area contributed by atoms with Crippen LogP contribution in [-0.2, 0) is 0 Å². The van der Waals surface area contributed by atoms with Gasteiger partial charge in [0, 0.05) is 6.20 Å². The van der Waals surface area contributed by atoms with E-state index in [2.05, 4.69) is 15.3 Å². The second-order valence-corrected chi connectivity index (χ2v) is 1.27. The van der Waals surface area contributed by atoms with Gasteiger partial charge in [-0.15, -0.1) is 5.11 Å². The van der Waals surface area contributed by atoms with Crippen LogP contribution < -0.4 is 5.84 Å². The SMILES string of the molecule is NN=Nc1ccc[nH]1. The number of rotatable bonds is 1. The minimum absolute atomic E-state index is 0.674. The van der Waals surface area contributed by atoms with Gasteiger partial charge in [-0.3, -0.25) is 0 Å². The Bertz CT molecular complexity index is 164. The first-order valence-electron chi connectivity index (χ1n) is 2.18. The van der Waals surface area contributed by atoms with E-state index < -0.39 is 0 Å². The van der Waals surface area contributed by atoms with Crippen LogP contribution in [0.2, 0.25) is 0 Å². The van der Waals surface area contributed by atoms with Crippen molar-refractivity contribution in [2.24, 2.45) is 16.2 Å². The fraction of sp³-hybridized carbons (Fsp3) is 0. The summed E-state index contributed by atoms with van der Waals surface area (Å²) in [6.45, 7) is 0. The zero-order valence-electron chi connectivity index (χ0n) is 4.20. The van der Waals surface area contributed by atoms with Crippen LogP contribution in [-0.4, -0.2) is 4.98 Å². The van der Waals surface area contributed by atoms with Crippen LogP contribution in [0.5, 0.6) is 0 Å². The summed E-state index contributed by atoms with van der Waals surface area (Å²) in [6, 6.07) is 3.60. The lowest BCUT2D eigenvalue weighted by molar-refractivity contribution is 1.04. The molecule has 8 heavy (non-hydrogen) atoms. The molecule has 0 atom stereocenters. The average molecular weight is 110 g/mol. The van der Waals surface area contributed by atoms with Crippen LogP contribution in [0.15, 0.2) is 28.7 Å². The van der Waals surface area contributed by atoms with E-state index >= 15 is 0 Å². The fourth-order valence-electron chi connectivity index (χ4n) is 0.445. The molecule has 0 saturated carbocycles. The van der Waals surface area contributed by atoms with Gasteiger partial charge in [-0.25, -0.2) is 0 Å². The Balaban J connectivity index is 2.77. The van der Waals surface area contributed by atoms with Gasteiger partial charge in [0.05, 0.1) is 0 Å². The summed E-state index contributed by atoms with van der Waals surface area (Å²) in [6.07, 6.45) is 1.75. The molecule has 1 rings (SSSR count). The molecule has 0 radical (unpaired) electrons.